The van der Waals surface area contributed by atoms with E-state index in [1.165, 1.54) is 12.4 Å². The minimum atomic E-state index is -0.546. The molecule has 16 nitrogen and oxygen atoms in total. The van der Waals surface area contributed by atoms with Crippen LogP contribution in [0.25, 0.3) is 21.8 Å². The maximum Gasteiger partial charge on any atom is 0.410 e. The van der Waals surface area contributed by atoms with Gasteiger partial charge in [-0.2, -0.15) is 0 Å². The van der Waals surface area contributed by atoms with Crippen molar-refractivity contribution in [3.05, 3.63) is 83.0 Å². The van der Waals surface area contributed by atoms with Crippen LogP contribution in [-0.4, -0.2) is 89.3 Å². The van der Waals surface area contributed by atoms with Crippen LogP contribution in [-0.2, 0) is 9.47 Å². The quantitative estimate of drug-likeness (QED) is 0.145. The lowest BCUT2D eigenvalue weighted by Crippen LogP contribution is -2.51. The van der Waals surface area contributed by atoms with Gasteiger partial charge in [-0.3, -0.25) is 20.2 Å². The molecule has 0 aliphatic carbocycles. The third kappa shape index (κ3) is 11.6. The van der Waals surface area contributed by atoms with Crippen LogP contribution in [0.3, 0.4) is 0 Å². The maximum absolute atomic E-state index is 12.7. The van der Waals surface area contributed by atoms with Crippen LogP contribution in [0.15, 0.2) is 57.7 Å². The van der Waals surface area contributed by atoms with Crippen molar-refractivity contribution in [2.24, 2.45) is 5.73 Å². The number of nitro groups is 2. The van der Waals surface area contributed by atoms with Crippen molar-refractivity contribution < 1.29 is 28.9 Å². The fourth-order valence-electron chi connectivity index (χ4n) is 8.64. The third-order valence-corrected chi connectivity index (χ3v) is 12.4. The van der Waals surface area contributed by atoms with E-state index < -0.39 is 21.0 Å². The molecule has 4 atom stereocenters. The number of amides is 2. The first kappa shape index (κ1) is 48.6. The minimum Gasteiger partial charge on any atom is -0.444 e. The maximum atomic E-state index is 12.7. The van der Waals surface area contributed by atoms with Crippen LogP contribution < -0.4 is 11.1 Å². The second-order valence-electron chi connectivity index (χ2n) is 17.9. The summed E-state index contributed by atoms with van der Waals surface area (Å²) in [6, 6.07) is 11.9. The highest BCUT2D eigenvalue weighted by Crippen LogP contribution is 2.41. The summed E-state index contributed by atoms with van der Waals surface area (Å²) < 4.78 is 12.7. The number of carbonyl (C=O) groups excluding carboxylic acids is 2. The molecule has 336 valence electrons. The first-order valence-electron chi connectivity index (χ1n) is 20.2. The highest BCUT2D eigenvalue weighted by Gasteiger charge is 2.46. The summed E-state index contributed by atoms with van der Waals surface area (Å²) in [6.45, 7) is 11.3. The molecule has 4 aliphatic heterocycles. The molecule has 62 heavy (non-hydrogen) atoms. The van der Waals surface area contributed by atoms with Crippen molar-refractivity contribution in [1.29, 1.82) is 0 Å². The van der Waals surface area contributed by atoms with E-state index in [-0.39, 0.29) is 60.2 Å². The largest absolute Gasteiger partial charge is 0.444 e. The predicted molar refractivity (Wildman–Crippen MR) is 248 cm³/mol. The molecular formula is C43H55Br2ClN8O8. The number of halogens is 3. The molecule has 0 spiro atoms. The number of anilines is 1. The summed E-state index contributed by atoms with van der Waals surface area (Å²) >= 11 is 12.6. The Bertz CT molecular complexity index is 2300. The fraction of sp³-hybridized carbons (Fsp3) is 0.535. The van der Waals surface area contributed by atoms with E-state index in [9.17, 15) is 29.8 Å². The number of nitrogens with zero attached hydrogens (tertiary/aromatic N) is 6. The smallest absolute Gasteiger partial charge is 0.410 e. The number of aromatic nitrogens is 2. The van der Waals surface area contributed by atoms with Gasteiger partial charge < -0.3 is 30.3 Å². The van der Waals surface area contributed by atoms with Gasteiger partial charge in [-0.15, -0.1) is 0 Å². The molecule has 2 amide bonds. The molecule has 2 aromatic carbocycles. The van der Waals surface area contributed by atoms with Gasteiger partial charge in [0.1, 0.15) is 34.3 Å². The molecular weight excluding hydrogens is 952 g/mol. The normalized spacial score (nSPS) is 22.7. The number of benzene rings is 2. The number of fused-ring (bicyclic) bond motifs is 6. The third-order valence-electron chi connectivity index (χ3n) is 11.0. The summed E-state index contributed by atoms with van der Waals surface area (Å²) in [6.07, 6.45) is 9.36. The molecule has 6 heterocycles. The van der Waals surface area contributed by atoms with Gasteiger partial charge in [-0.05, 0) is 129 Å². The SMILES string of the molecule is C.CC(C)(C)OC(=O)N1C2CCC1CC(N)C2.CC(C)(C)OC(=O)N1C2CCC1CC(Nc1c([N+](=O)[O-])cnc3ccc(Br)cc13)C2.O=[N+]([O-])c1cnc2ccc(Br)cc2c1Cl. The van der Waals surface area contributed by atoms with Crippen LogP contribution in [0.2, 0.25) is 5.02 Å². The second kappa shape index (κ2) is 19.6. The second-order valence-corrected chi connectivity index (χ2v) is 20.1. The highest BCUT2D eigenvalue weighted by molar-refractivity contribution is 9.10. The zero-order valence-electron chi connectivity index (χ0n) is 34.9. The Labute approximate surface area is 383 Å². The zero-order chi connectivity index (χ0) is 44.6. The average molecular weight is 1010 g/mol. The number of nitrogens with two attached hydrogens (primary N) is 1. The number of hydrogen-bond acceptors (Lipinski definition) is 12. The van der Waals surface area contributed by atoms with Gasteiger partial charge in [-0.1, -0.05) is 50.9 Å². The molecule has 4 aromatic rings. The minimum absolute atomic E-state index is 0. The molecule has 2 aromatic heterocycles. The average Bonchev–Trinajstić information content (AvgIpc) is 3.59. The molecule has 3 N–H and O–H groups in total. The van der Waals surface area contributed by atoms with E-state index >= 15 is 0 Å². The Balaban J connectivity index is 0.000000192. The van der Waals surface area contributed by atoms with E-state index in [1.54, 1.807) is 18.2 Å². The van der Waals surface area contributed by atoms with E-state index in [0.717, 1.165) is 60.3 Å². The van der Waals surface area contributed by atoms with Gasteiger partial charge in [0.15, 0.2) is 0 Å². The van der Waals surface area contributed by atoms with Crippen LogP contribution in [0.4, 0.5) is 26.7 Å². The standard InChI is InChI=1S/C21H25BrN4O4.C12H22N2O2.C9H4BrClN2O2.CH4/c1-21(2,3)30-20(27)25-14-5-6-15(25)10-13(9-14)24-19-16-8-12(22)4-7-17(16)23-11-18(19)26(28)29;1-12(2,3)16-11(15)14-9-4-5-10(14)7-8(13)6-9;10-5-1-2-7-6(3-5)9(11)8(4-12-7)13(14)15;/h4,7-8,11,13-15H,5-6,9-10H2,1-3H3,(H,23,24);8-10H,4-7,13H2,1-3H3;1-4H;1H4. The summed E-state index contributed by atoms with van der Waals surface area (Å²) in [7, 11) is 0. The van der Waals surface area contributed by atoms with E-state index in [4.69, 9.17) is 26.8 Å². The molecule has 0 radical (unpaired) electrons. The Morgan fingerprint density at radius 2 is 1.15 bits per heavy atom. The van der Waals surface area contributed by atoms with Crippen molar-refractivity contribution in [3.8, 4) is 0 Å². The number of ether oxygens (including phenoxy) is 2. The van der Waals surface area contributed by atoms with E-state index in [1.807, 2.05) is 69.5 Å². The van der Waals surface area contributed by atoms with Gasteiger partial charge in [0.25, 0.3) is 0 Å². The first-order valence-corrected chi connectivity index (χ1v) is 22.2. The molecule has 4 unspecified atom stereocenters. The number of piperidine rings is 2. The Morgan fingerprint density at radius 3 is 1.58 bits per heavy atom. The number of nitrogens with one attached hydrogen (secondary N) is 1. The van der Waals surface area contributed by atoms with Crippen molar-refractivity contribution in [2.75, 3.05) is 5.32 Å². The molecule has 4 fully saturated rings. The van der Waals surface area contributed by atoms with Gasteiger partial charge in [-0.25, -0.2) is 19.6 Å². The van der Waals surface area contributed by atoms with Gasteiger partial charge >= 0.3 is 23.6 Å². The molecule has 4 saturated heterocycles. The lowest BCUT2D eigenvalue weighted by atomic mass is 9.97. The monoisotopic (exact) mass is 1000 g/mol. The van der Waals surface area contributed by atoms with Crippen molar-refractivity contribution >= 4 is 94.5 Å². The summed E-state index contributed by atoms with van der Waals surface area (Å²) in [5.74, 6) is 0. The van der Waals surface area contributed by atoms with Gasteiger partial charge in [0, 0.05) is 56.0 Å². The van der Waals surface area contributed by atoms with Gasteiger partial charge in [0.05, 0.1) is 20.9 Å². The zero-order valence-corrected chi connectivity index (χ0v) is 38.8. The molecule has 8 rings (SSSR count). The highest BCUT2D eigenvalue weighted by atomic mass is 79.9. The molecule has 0 saturated carbocycles. The van der Waals surface area contributed by atoms with Gasteiger partial charge in [0.2, 0.25) is 0 Å². The molecule has 4 bridgehead atoms. The number of hydrogen-bond donors (Lipinski definition) is 2. The van der Waals surface area contributed by atoms with E-state index in [0.29, 0.717) is 39.6 Å². The fourth-order valence-corrected chi connectivity index (χ4v) is 9.63. The van der Waals surface area contributed by atoms with Crippen LogP contribution >= 0.6 is 43.5 Å². The van der Waals surface area contributed by atoms with E-state index in [2.05, 4.69) is 47.1 Å². The number of pyridine rings is 2. The Hall–Kier alpha value is -4.39. The lowest BCUT2D eigenvalue weighted by molar-refractivity contribution is -0.384. The Kier molecular flexibility index (Phi) is 15.3. The number of carbonyl (C=O) groups is 2. The lowest BCUT2D eigenvalue weighted by Gasteiger charge is -2.40. The first-order chi connectivity index (χ1) is 28.6. The summed E-state index contributed by atoms with van der Waals surface area (Å²) in [4.78, 5) is 58.0. The topological polar surface area (TPSA) is 209 Å². The molecule has 19 heteroatoms. The predicted octanol–water partition coefficient (Wildman–Crippen LogP) is 11.3. The van der Waals surface area contributed by atoms with Crippen LogP contribution in [0.1, 0.15) is 100 Å². The van der Waals surface area contributed by atoms with Crippen molar-refractivity contribution in [2.45, 2.75) is 148 Å². The number of rotatable bonds is 4. The molecule has 4 aliphatic rings. The van der Waals surface area contributed by atoms with Crippen molar-refractivity contribution in [3.63, 3.8) is 0 Å². The van der Waals surface area contributed by atoms with Crippen molar-refractivity contribution in [1.82, 2.24) is 19.8 Å². The summed E-state index contributed by atoms with van der Waals surface area (Å²) in [5.41, 5.74) is 6.63. The Morgan fingerprint density at radius 1 is 0.742 bits per heavy atom. The van der Waals surface area contributed by atoms with Crippen LogP contribution in [0, 0.1) is 20.2 Å². The summed E-state index contributed by atoms with van der Waals surface area (Å²) in [5, 5.41) is 27.1. The van der Waals surface area contributed by atoms with Crippen LogP contribution in [0.5, 0.6) is 0 Å².